The molecule has 0 radical (unpaired) electrons. The first-order valence-electron chi connectivity index (χ1n) is 8.00. The average Bonchev–Trinajstić information content (AvgIpc) is 2.87. The molecule has 2 aliphatic rings. The maximum atomic E-state index is 12.7. The van der Waals surface area contributed by atoms with Crippen molar-refractivity contribution >= 4 is 30.7 Å². The second-order valence-electron chi connectivity index (χ2n) is 6.56. The van der Waals surface area contributed by atoms with Gasteiger partial charge in [0.25, 0.3) is 0 Å². The lowest BCUT2D eigenvalue weighted by atomic mass is 9.71. The van der Waals surface area contributed by atoms with Crippen molar-refractivity contribution in [2.24, 2.45) is 11.1 Å². The summed E-state index contributed by atoms with van der Waals surface area (Å²) in [6, 6.07) is 0. The van der Waals surface area contributed by atoms with Crippen LogP contribution in [0.3, 0.4) is 0 Å². The molecule has 2 heterocycles. The molecule has 23 heavy (non-hydrogen) atoms. The molecule has 0 atom stereocenters. The van der Waals surface area contributed by atoms with Crippen molar-refractivity contribution in [3.63, 3.8) is 0 Å². The van der Waals surface area contributed by atoms with E-state index in [1.54, 1.807) is 0 Å². The first kappa shape index (κ1) is 20.2. The standard InChI is InChI=1S/C15H25N5O.2ClH/c1-12-17-13-10-19(7-8-20(13)18-12)14(21)9-15(11-16)5-3-2-4-6-15;;/h2-11,16H2,1H3;2*1H. The Balaban J connectivity index is 0.00000132. The van der Waals surface area contributed by atoms with Gasteiger partial charge in [-0.1, -0.05) is 19.3 Å². The molecule has 0 saturated heterocycles. The van der Waals surface area contributed by atoms with Gasteiger partial charge >= 0.3 is 0 Å². The molecule has 3 rings (SSSR count). The molecular formula is C15H27Cl2N5O. The summed E-state index contributed by atoms with van der Waals surface area (Å²) in [4.78, 5) is 19.0. The smallest absolute Gasteiger partial charge is 0.223 e. The molecule has 1 aliphatic heterocycles. The first-order chi connectivity index (χ1) is 10.1. The van der Waals surface area contributed by atoms with Gasteiger partial charge in [-0.2, -0.15) is 5.10 Å². The highest BCUT2D eigenvalue weighted by molar-refractivity contribution is 5.85. The fraction of sp³-hybridized carbons (Fsp3) is 0.800. The fourth-order valence-corrected chi connectivity index (χ4v) is 3.66. The van der Waals surface area contributed by atoms with Crippen molar-refractivity contribution in [1.29, 1.82) is 0 Å². The van der Waals surface area contributed by atoms with E-state index in [-0.39, 0.29) is 36.1 Å². The Bertz CT molecular complexity index is 528. The van der Waals surface area contributed by atoms with Gasteiger partial charge in [-0.15, -0.1) is 24.8 Å². The third kappa shape index (κ3) is 4.37. The van der Waals surface area contributed by atoms with Crippen LogP contribution >= 0.6 is 24.8 Å². The van der Waals surface area contributed by atoms with E-state index < -0.39 is 0 Å². The summed E-state index contributed by atoms with van der Waals surface area (Å²) in [7, 11) is 0. The van der Waals surface area contributed by atoms with E-state index in [2.05, 4.69) is 10.1 Å². The largest absolute Gasteiger partial charge is 0.333 e. The number of rotatable bonds is 3. The predicted octanol–water partition coefficient (Wildman–Crippen LogP) is 2.07. The summed E-state index contributed by atoms with van der Waals surface area (Å²) in [5.74, 6) is 1.91. The lowest BCUT2D eigenvalue weighted by Gasteiger charge is -2.38. The van der Waals surface area contributed by atoms with Crippen LogP contribution in [0.15, 0.2) is 0 Å². The Morgan fingerprint density at radius 2 is 1.91 bits per heavy atom. The van der Waals surface area contributed by atoms with E-state index in [1.807, 2.05) is 16.5 Å². The summed E-state index contributed by atoms with van der Waals surface area (Å²) in [5.41, 5.74) is 6.04. The summed E-state index contributed by atoms with van der Waals surface area (Å²) in [5, 5.41) is 4.34. The zero-order valence-corrected chi connectivity index (χ0v) is 15.3. The zero-order chi connectivity index (χ0) is 14.9. The van der Waals surface area contributed by atoms with Crippen LogP contribution in [0.25, 0.3) is 0 Å². The van der Waals surface area contributed by atoms with Crippen molar-refractivity contribution in [2.75, 3.05) is 13.1 Å². The van der Waals surface area contributed by atoms with Crippen LogP contribution in [0, 0.1) is 12.3 Å². The lowest BCUT2D eigenvalue weighted by molar-refractivity contribution is -0.135. The summed E-state index contributed by atoms with van der Waals surface area (Å²) in [6.45, 7) is 4.58. The molecule has 0 bridgehead atoms. The molecule has 0 spiro atoms. The van der Waals surface area contributed by atoms with Crippen molar-refractivity contribution in [1.82, 2.24) is 19.7 Å². The minimum Gasteiger partial charge on any atom is -0.333 e. The van der Waals surface area contributed by atoms with Gasteiger partial charge in [0.15, 0.2) is 0 Å². The van der Waals surface area contributed by atoms with Crippen molar-refractivity contribution in [2.45, 2.75) is 58.5 Å². The van der Waals surface area contributed by atoms with Crippen LogP contribution in [0.1, 0.15) is 50.2 Å². The zero-order valence-electron chi connectivity index (χ0n) is 13.7. The molecule has 8 heteroatoms. The van der Waals surface area contributed by atoms with Gasteiger partial charge in [0.1, 0.15) is 11.6 Å². The van der Waals surface area contributed by atoms with E-state index >= 15 is 0 Å². The number of aryl methyl sites for hydroxylation is 1. The molecule has 0 unspecified atom stereocenters. The minimum atomic E-state index is 0. The first-order valence-corrected chi connectivity index (χ1v) is 8.00. The fourth-order valence-electron chi connectivity index (χ4n) is 3.66. The maximum absolute atomic E-state index is 12.7. The normalized spacial score (nSPS) is 19.3. The SMILES string of the molecule is Cc1nc2n(n1)CCN(C(=O)CC1(CN)CCCCC1)C2.Cl.Cl. The molecule has 132 valence electrons. The molecule has 2 N–H and O–H groups in total. The summed E-state index contributed by atoms with van der Waals surface area (Å²) >= 11 is 0. The van der Waals surface area contributed by atoms with Gasteiger partial charge in [0.05, 0.1) is 13.1 Å². The Morgan fingerprint density at radius 1 is 1.22 bits per heavy atom. The Kier molecular flexibility index (Phi) is 7.29. The van der Waals surface area contributed by atoms with Crippen LogP contribution in [-0.4, -0.2) is 38.7 Å². The number of carbonyl (C=O) groups excluding carboxylic acids is 1. The van der Waals surface area contributed by atoms with Crippen LogP contribution in [0.2, 0.25) is 0 Å². The third-order valence-electron chi connectivity index (χ3n) is 4.99. The van der Waals surface area contributed by atoms with E-state index in [0.717, 1.165) is 37.6 Å². The number of fused-ring (bicyclic) bond motifs is 1. The van der Waals surface area contributed by atoms with E-state index in [1.165, 1.54) is 19.3 Å². The highest BCUT2D eigenvalue weighted by Gasteiger charge is 2.35. The molecule has 1 fully saturated rings. The number of hydrogen-bond donors (Lipinski definition) is 1. The van der Waals surface area contributed by atoms with Gasteiger partial charge in [-0.05, 0) is 31.7 Å². The molecule has 1 saturated carbocycles. The molecule has 1 aromatic heterocycles. The number of carbonyl (C=O) groups is 1. The monoisotopic (exact) mass is 363 g/mol. The van der Waals surface area contributed by atoms with Crippen molar-refractivity contribution in [3.05, 3.63) is 11.6 Å². The van der Waals surface area contributed by atoms with Gasteiger partial charge < -0.3 is 10.6 Å². The van der Waals surface area contributed by atoms with Crippen LogP contribution in [0.5, 0.6) is 0 Å². The molecule has 6 nitrogen and oxygen atoms in total. The highest BCUT2D eigenvalue weighted by Crippen LogP contribution is 2.39. The van der Waals surface area contributed by atoms with Crippen LogP contribution in [0.4, 0.5) is 0 Å². The number of aromatic nitrogens is 3. The number of nitrogens with zero attached hydrogens (tertiary/aromatic N) is 4. The van der Waals surface area contributed by atoms with Crippen molar-refractivity contribution in [3.8, 4) is 0 Å². The lowest BCUT2D eigenvalue weighted by Crippen LogP contribution is -2.43. The van der Waals surface area contributed by atoms with Crippen LogP contribution in [-0.2, 0) is 17.9 Å². The van der Waals surface area contributed by atoms with Crippen LogP contribution < -0.4 is 5.73 Å². The van der Waals surface area contributed by atoms with Gasteiger partial charge in [-0.3, -0.25) is 4.79 Å². The molecular weight excluding hydrogens is 337 g/mol. The second-order valence-corrected chi connectivity index (χ2v) is 6.56. The average molecular weight is 364 g/mol. The second kappa shape index (κ2) is 8.31. The van der Waals surface area contributed by atoms with Gasteiger partial charge in [0.2, 0.25) is 5.91 Å². The number of nitrogens with two attached hydrogens (primary N) is 1. The minimum absolute atomic E-state index is 0. The van der Waals surface area contributed by atoms with E-state index in [4.69, 9.17) is 5.73 Å². The molecule has 1 aromatic rings. The molecule has 1 amide bonds. The Hall–Kier alpha value is -0.850. The number of halogens is 2. The summed E-state index contributed by atoms with van der Waals surface area (Å²) < 4.78 is 1.92. The maximum Gasteiger partial charge on any atom is 0.223 e. The van der Waals surface area contributed by atoms with Gasteiger partial charge in [-0.25, -0.2) is 9.67 Å². The topological polar surface area (TPSA) is 77.0 Å². The number of hydrogen-bond acceptors (Lipinski definition) is 4. The van der Waals surface area contributed by atoms with E-state index in [9.17, 15) is 4.79 Å². The third-order valence-corrected chi connectivity index (χ3v) is 4.99. The van der Waals surface area contributed by atoms with Crippen molar-refractivity contribution < 1.29 is 4.79 Å². The summed E-state index contributed by atoms with van der Waals surface area (Å²) in [6.07, 6.45) is 6.48. The molecule has 0 aromatic carbocycles. The molecule has 1 aliphatic carbocycles. The van der Waals surface area contributed by atoms with Gasteiger partial charge in [0, 0.05) is 13.0 Å². The Labute approximate surface area is 150 Å². The quantitative estimate of drug-likeness (QED) is 0.891. The Morgan fingerprint density at radius 3 is 2.57 bits per heavy atom. The highest BCUT2D eigenvalue weighted by atomic mass is 35.5. The van der Waals surface area contributed by atoms with E-state index in [0.29, 0.717) is 19.5 Å². The predicted molar refractivity (Wildman–Crippen MR) is 93.9 cm³/mol. The number of amides is 1.